The van der Waals surface area contributed by atoms with E-state index in [-0.39, 0.29) is 35.7 Å². The lowest BCUT2D eigenvalue weighted by molar-refractivity contribution is -0.120. The van der Waals surface area contributed by atoms with Gasteiger partial charge >= 0.3 is 0 Å². The predicted octanol–water partition coefficient (Wildman–Crippen LogP) is 2.37. The van der Waals surface area contributed by atoms with Crippen LogP contribution in [0.3, 0.4) is 0 Å². The minimum atomic E-state index is -0.244. The number of carbonyl (C=O) groups is 1. The first kappa shape index (κ1) is 21.6. The van der Waals surface area contributed by atoms with Gasteiger partial charge in [0.25, 0.3) is 0 Å². The fourth-order valence-corrected chi connectivity index (χ4v) is 1.96. The molecule has 0 aliphatic rings. The summed E-state index contributed by atoms with van der Waals surface area (Å²) >= 11 is 0. The molecule has 1 aromatic carbocycles. The Morgan fingerprint density at radius 3 is 2.43 bits per heavy atom. The Kier molecular flexibility index (Phi) is 11.4. The number of benzene rings is 1. The highest BCUT2D eigenvalue weighted by atomic mass is 127. The van der Waals surface area contributed by atoms with Crippen molar-refractivity contribution in [3.8, 4) is 0 Å². The maximum Gasteiger partial charge on any atom is 0.221 e. The Balaban J connectivity index is 0.00000484. The van der Waals surface area contributed by atoms with E-state index in [0.29, 0.717) is 32.0 Å². The highest BCUT2D eigenvalue weighted by molar-refractivity contribution is 14.0. The van der Waals surface area contributed by atoms with Crippen LogP contribution in [0.5, 0.6) is 0 Å². The first-order valence-corrected chi connectivity index (χ1v) is 7.49. The Labute approximate surface area is 154 Å². The zero-order valence-corrected chi connectivity index (χ0v) is 16.3. The van der Waals surface area contributed by atoms with Crippen molar-refractivity contribution in [3.63, 3.8) is 0 Å². The molecule has 2 N–H and O–H groups in total. The molecular weight excluding hydrogens is 410 g/mol. The Morgan fingerprint density at radius 2 is 1.87 bits per heavy atom. The molecule has 7 heteroatoms. The molecule has 0 unspecified atom stereocenters. The van der Waals surface area contributed by atoms with Gasteiger partial charge in [0.15, 0.2) is 5.96 Å². The molecule has 0 aromatic heterocycles. The van der Waals surface area contributed by atoms with Crippen LogP contribution in [0.15, 0.2) is 29.3 Å². The third kappa shape index (κ3) is 8.73. The zero-order valence-electron chi connectivity index (χ0n) is 13.9. The van der Waals surface area contributed by atoms with Crippen LogP contribution in [0.1, 0.15) is 25.3 Å². The van der Waals surface area contributed by atoms with Gasteiger partial charge in [-0.25, -0.2) is 4.39 Å². The monoisotopic (exact) mass is 436 g/mol. The van der Waals surface area contributed by atoms with Gasteiger partial charge in [-0.1, -0.05) is 19.1 Å². The van der Waals surface area contributed by atoms with Crippen LogP contribution in [0.2, 0.25) is 0 Å². The highest BCUT2D eigenvalue weighted by Gasteiger charge is 2.07. The maximum absolute atomic E-state index is 12.9. The summed E-state index contributed by atoms with van der Waals surface area (Å²) in [4.78, 5) is 17.6. The summed E-state index contributed by atoms with van der Waals surface area (Å²) in [5, 5.41) is 5.98. The first-order chi connectivity index (χ1) is 10.6. The van der Waals surface area contributed by atoms with Crippen molar-refractivity contribution in [1.82, 2.24) is 15.5 Å². The molecule has 1 amide bonds. The number of hydrogen-bond donors (Lipinski definition) is 2. The molecule has 0 saturated heterocycles. The fraction of sp³-hybridized carbons (Fsp3) is 0.500. The molecule has 130 valence electrons. The zero-order chi connectivity index (χ0) is 16.4. The number of hydrogen-bond acceptors (Lipinski definition) is 2. The lowest BCUT2D eigenvalue weighted by Crippen LogP contribution is -2.40. The van der Waals surface area contributed by atoms with E-state index >= 15 is 0 Å². The number of nitrogens with one attached hydrogen (secondary N) is 2. The van der Waals surface area contributed by atoms with Crippen LogP contribution in [-0.2, 0) is 11.3 Å². The fourth-order valence-electron chi connectivity index (χ4n) is 1.96. The van der Waals surface area contributed by atoms with E-state index in [0.717, 1.165) is 12.0 Å². The minimum absolute atomic E-state index is 0. The van der Waals surface area contributed by atoms with Crippen LogP contribution >= 0.6 is 24.0 Å². The molecule has 0 bridgehead atoms. The summed E-state index contributed by atoms with van der Waals surface area (Å²) in [5.41, 5.74) is 0.993. The minimum Gasteiger partial charge on any atom is -0.356 e. The molecule has 0 heterocycles. The number of rotatable bonds is 7. The van der Waals surface area contributed by atoms with Gasteiger partial charge in [-0.3, -0.25) is 9.79 Å². The summed E-state index contributed by atoms with van der Waals surface area (Å²) in [6.45, 7) is 3.86. The molecule has 0 aliphatic carbocycles. The van der Waals surface area contributed by atoms with Crippen molar-refractivity contribution in [2.24, 2.45) is 4.99 Å². The molecular formula is C16H26FIN4O. The first-order valence-electron chi connectivity index (χ1n) is 7.49. The molecule has 1 rings (SSSR count). The number of carbonyl (C=O) groups excluding carboxylic acids is 1. The standard InChI is InChI=1S/C16H25FN4O.HI/c1-4-10-19-15(22)9-11-20-16(18-2)21(3)12-13-5-7-14(17)8-6-13;/h5-8H,4,9-12H2,1-3H3,(H,18,20)(H,19,22);1H. The summed E-state index contributed by atoms with van der Waals surface area (Å²) in [6, 6.07) is 6.38. The van der Waals surface area contributed by atoms with E-state index in [1.807, 2.05) is 18.9 Å². The Hall–Kier alpha value is -1.38. The predicted molar refractivity (Wildman–Crippen MR) is 103 cm³/mol. The molecule has 23 heavy (non-hydrogen) atoms. The average Bonchev–Trinajstić information content (AvgIpc) is 2.51. The number of aliphatic imine (C=N–C) groups is 1. The van der Waals surface area contributed by atoms with Crippen molar-refractivity contribution in [2.75, 3.05) is 27.2 Å². The van der Waals surface area contributed by atoms with Crippen molar-refractivity contribution < 1.29 is 9.18 Å². The van der Waals surface area contributed by atoms with E-state index in [2.05, 4.69) is 15.6 Å². The van der Waals surface area contributed by atoms with Crippen molar-refractivity contribution in [3.05, 3.63) is 35.6 Å². The normalized spacial score (nSPS) is 10.7. The largest absolute Gasteiger partial charge is 0.356 e. The second-order valence-corrected chi connectivity index (χ2v) is 5.06. The van der Waals surface area contributed by atoms with Gasteiger partial charge in [0.05, 0.1) is 0 Å². The molecule has 1 aromatic rings. The van der Waals surface area contributed by atoms with Crippen LogP contribution in [-0.4, -0.2) is 44.0 Å². The second kappa shape index (κ2) is 12.1. The van der Waals surface area contributed by atoms with Gasteiger partial charge in [0, 0.05) is 40.2 Å². The Bertz CT molecular complexity index is 493. The molecule has 0 saturated carbocycles. The molecule has 0 atom stereocenters. The van der Waals surface area contributed by atoms with E-state index in [4.69, 9.17) is 0 Å². The molecule has 0 aliphatic heterocycles. The van der Waals surface area contributed by atoms with Gasteiger partial charge in [-0.15, -0.1) is 24.0 Å². The van der Waals surface area contributed by atoms with Crippen molar-refractivity contribution in [2.45, 2.75) is 26.3 Å². The van der Waals surface area contributed by atoms with Gasteiger partial charge < -0.3 is 15.5 Å². The number of guanidine groups is 1. The van der Waals surface area contributed by atoms with E-state index < -0.39 is 0 Å². The molecule has 0 spiro atoms. The molecule has 5 nitrogen and oxygen atoms in total. The van der Waals surface area contributed by atoms with Gasteiger partial charge in [-0.05, 0) is 24.1 Å². The second-order valence-electron chi connectivity index (χ2n) is 5.06. The number of amides is 1. The van der Waals surface area contributed by atoms with E-state index in [1.54, 1.807) is 19.2 Å². The maximum atomic E-state index is 12.9. The van der Waals surface area contributed by atoms with Gasteiger partial charge in [-0.2, -0.15) is 0 Å². The van der Waals surface area contributed by atoms with Gasteiger partial charge in [0.1, 0.15) is 5.82 Å². The SMILES string of the molecule is CCCNC(=O)CCNC(=NC)N(C)Cc1ccc(F)cc1.I. The van der Waals surface area contributed by atoms with Crippen molar-refractivity contribution in [1.29, 1.82) is 0 Å². The van der Waals surface area contributed by atoms with E-state index in [9.17, 15) is 9.18 Å². The highest BCUT2D eigenvalue weighted by Crippen LogP contribution is 2.05. The molecule has 0 radical (unpaired) electrons. The lowest BCUT2D eigenvalue weighted by Gasteiger charge is -2.22. The van der Waals surface area contributed by atoms with Crippen molar-refractivity contribution >= 4 is 35.8 Å². The quantitative estimate of drug-likeness (QED) is 0.392. The van der Waals surface area contributed by atoms with Crippen LogP contribution in [0, 0.1) is 5.82 Å². The number of halogens is 2. The summed E-state index contributed by atoms with van der Waals surface area (Å²) in [7, 11) is 3.59. The number of nitrogens with zero attached hydrogens (tertiary/aromatic N) is 2. The van der Waals surface area contributed by atoms with Gasteiger partial charge in [0.2, 0.25) is 5.91 Å². The topological polar surface area (TPSA) is 56.7 Å². The Morgan fingerprint density at radius 1 is 1.22 bits per heavy atom. The molecule has 0 fully saturated rings. The third-order valence-corrected chi connectivity index (χ3v) is 3.11. The summed E-state index contributed by atoms with van der Waals surface area (Å²) < 4.78 is 12.9. The van der Waals surface area contributed by atoms with E-state index in [1.165, 1.54) is 12.1 Å². The summed E-state index contributed by atoms with van der Waals surface area (Å²) in [6.07, 6.45) is 1.34. The van der Waals surface area contributed by atoms with Crippen LogP contribution in [0.4, 0.5) is 4.39 Å². The van der Waals surface area contributed by atoms with Crippen LogP contribution < -0.4 is 10.6 Å². The van der Waals surface area contributed by atoms with Crippen LogP contribution in [0.25, 0.3) is 0 Å². The lowest BCUT2D eigenvalue weighted by atomic mass is 10.2. The smallest absolute Gasteiger partial charge is 0.221 e. The summed E-state index contributed by atoms with van der Waals surface area (Å²) in [5.74, 6) is 0.491. The average molecular weight is 436 g/mol. The third-order valence-electron chi connectivity index (χ3n) is 3.11.